The summed E-state index contributed by atoms with van der Waals surface area (Å²) < 4.78 is 4.94. The summed E-state index contributed by atoms with van der Waals surface area (Å²) in [4.78, 5) is 45.4. The van der Waals surface area contributed by atoms with E-state index in [-0.39, 0.29) is 17.1 Å². The van der Waals surface area contributed by atoms with Gasteiger partial charge in [-0.15, -0.1) is 0 Å². The van der Waals surface area contributed by atoms with E-state index in [4.69, 9.17) is 4.42 Å². The smallest absolute Gasteiger partial charge is 0.291 e. The van der Waals surface area contributed by atoms with Crippen molar-refractivity contribution in [1.29, 1.82) is 0 Å². The van der Waals surface area contributed by atoms with Gasteiger partial charge in [0.15, 0.2) is 5.76 Å². The lowest BCUT2D eigenvalue weighted by atomic mass is 10.1. The van der Waals surface area contributed by atoms with E-state index >= 15 is 0 Å². The van der Waals surface area contributed by atoms with Gasteiger partial charge >= 0.3 is 0 Å². The molecule has 10 heteroatoms. The number of aliphatic carboxylic acids is 1. The molecule has 1 atom stereocenters. The van der Waals surface area contributed by atoms with E-state index in [1.54, 1.807) is 0 Å². The van der Waals surface area contributed by atoms with Gasteiger partial charge in [-0.25, -0.2) is 0 Å². The monoisotopic (exact) mass is 372 g/mol. The Labute approximate surface area is 152 Å². The SMILES string of the molecule is C[C@@H](NC(=O)/C(=C/c1ccc([N+](=O)[O-])cc1)NC(=O)c1ccco1)C(=O)[O-]. The number of nitro groups is 1. The first-order valence-corrected chi connectivity index (χ1v) is 7.60. The zero-order valence-electron chi connectivity index (χ0n) is 14.0. The highest BCUT2D eigenvalue weighted by molar-refractivity contribution is 6.05. The fourth-order valence-corrected chi connectivity index (χ4v) is 1.94. The van der Waals surface area contributed by atoms with Crippen LogP contribution in [-0.2, 0) is 9.59 Å². The summed E-state index contributed by atoms with van der Waals surface area (Å²) in [6.07, 6.45) is 2.51. The van der Waals surface area contributed by atoms with Crippen LogP contribution in [0, 0.1) is 10.1 Å². The van der Waals surface area contributed by atoms with Crippen LogP contribution in [0.15, 0.2) is 52.8 Å². The molecule has 0 aliphatic carbocycles. The van der Waals surface area contributed by atoms with Crippen molar-refractivity contribution in [3.05, 3.63) is 69.8 Å². The Morgan fingerprint density at radius 2 is 1.85 bits per heavy atom. The number of nitro benzene ring substituents is 1. The van der Waals surface area contributed by atoms with Gasteiger partial charge < -0.3 is 25.0 Å². The zero-order chi connectivity index (χ0) is 20.0. The van der Waals surface area contributed by atoms with Crippen LogP contribution in [-0.4, -0.2) is 28.7 Å². The van der Waals surface area contributed by atoms with Crippen LogP contribution >= 0.6 is 0 Å². The highest BCUT2D eigenvalue weighted by Crippen LogP contribution is 2.14. The number of hydrogen-bond donors (Lipinski definition) is 2. The van der Waals surface area contributed by atoms with Gasteiger partial charge in [-0.05, 0) is 42.8 Å². The molecule has 0 bridgehead atoms. The minimum absolute atomic E-state index is 0.0645. The molecule has 0 spiro atoms. The fourth-order valence-electron chi connectivity index (χ4n) is 1.94. The number of carboxylic acids is 1. The molecule has 2 rings (SSSR count). The van der Waals surface area contributed by atoms with Gasteiger partial charge in [-0.3, -0.25) is 19.7 Å². The number of nitrogens with zero attached hydrogens (tertiary/aromatic N) is 1. The second kappa shape index (κ2) is 8.43. The predicted molar refractivity (Wildman–Crippen MR) is 89.9 cm³/mol. The first-order valence-electron chi connectivity index (χ1n) is 7.60. The average Bonchev–Trinajstić information content (AvgIpc) is 3.16. The lowest BCUT2D eigenvalue weighted by molar-refractivity contribution is -0.384. The zero-order valence-corrected chi connectivity index (χ0v) is 14.0. The third-order valence-electron chi connectivity index (χ3n) is 3.35. The van der Waals surface area contributed by atoms with Crippen LogP contribution in [0.4, 0.5) is 5.69 Å². The van der Waals surface area contributed by atoms with Crippen LogP contribution in [0.2, 0.25) is 0 Å². The average molecular weight is 372 g/mol. The molecule has 2 aromatic rings. The molecule has 0 fully saturated rings. The number of benzene rings is 1. The van der Waals surface area contributed by atoms with Crippen LogP contribution < -0.4 is 15.7 Å². The molecule has 1 aromatic carbocycles. The van der Waals surface area contributed by atoms with Gasteiger partial charge in [0.1, 0.15) is 5.70 Å². The topological polar surface area (TPSA) is 155 Å². The number of carbonyl (C=O) groups excluding carboxylic acids is 3. The Hall–Kier alpha value is -3.95. The Kier molecular flexibility index (Phi) is 6.05. The quantitative estimate of drug-likeness (QED) is 0.400. The predicted octanol–water partition coefficient (Wildman–Crippen LogP) is 0.213. The van der Waals surface area contributed by atoms with E-state index in [0.717, 1.165) is 0 Å². The maximum atomic E-state index is 12.3. The lowest BCUT2D eigenvalue weighted by Gasteiger charge is -2.16. The molecule has 0 aliphatic rings. The van der Waals surface area contributed by atoms with E-state index in [9.17, 15) is 29.6 Å². The summed E-state index contributed by atoms with van der Waals surface area (Å²) in [5, 5.41) is 26.0. The second-order valence-electron chi connectivity index (χ2n) is 5.35. The number of furan rings is 1. The molecule has 1 heterocycles. The number of non-ortho nitro benzene ring substituents is 1. The maximum absolute atomic E-state index is 12.3. The summed E-state index contributed by atoms with van der Waals surface area (Å²) in [5.74, 6) is -3.19. The Morgan fingerprint density at radius 3 is 2.37 bits per heavy atom. The summed E-state index contributed by atoms with van der Waals surface area (Å²) >= 11 is 0. The molecule has 1 aromatic heterocycles. The number of carboxylic acid groups (broad SMARTS) is 1. The molecule has 27 heavy (non-hydrogen) atoms. The van der Waals surface area contributed by atoms with Crippen LogP contribution in [0.5, 0.6) is 0 Å². The first kappa shape index (κ1) is 19.4. The molecule has 0 unspecified atom stereocenters. The third-order valence-corrected chi connectivity index (χ3v) is 3.35. The van der Waals surface area contributed by atoms with Crippen LogP contribution in [0.3, 0.4) is 0 Å². The van der Waals surface area contributed by atoms with Crippen molar-refractivity contribution in [2.45, 2.75) is 13.0 Å². The Morgan fingerprint density at radius 1 is 1.19 bits per heavy atom. The van der Waals surface area contributed by atoms with Crippen molar-refractivity contribution >= 4 is 29.5 Å². The van der Waals surface area contributed by atoms with E-state index in [2.05, 4.69) is 10.6 Å². The minimum atomic E-state index is -1.50. The minimum Gasteiger partial charge on any atom is -0.548 e. The number of carbonyl (C=O) groups is 3. The Balaban J connectivity index is 2.29. The highest BCUT2D eigenvalue weighted by Gasteiger charge is 2.18. The van der Waals surface area contributed by atoms with E-state index in [1.165, 1.54) is 55.7 Å². The molecule has 140 valence electrons. The standard InChI is InChI=1S/C17H15N3O7/c1-10(17(23)24)18-15(21)13(19-16(22)14-3-2-8-27-14)9-11-4-6-12(7-5-11)20(25)26/h2-10H,1H3,(H,18,21)(H,19,22)(H,23,24)/p-1/b13-9-/t10-/m1/s1. The van der Waals surface area contributed by atoms with Gasteiger partial charge in [-0.1, -0.05) is 0 Å². The third kappa shape index (κ3) is 5.26. The van der Waals surface area contributed by atoms with Crippen molar-refractivity contribution in [3.63, 3.8) is 0 Å². The van der Waals surface area contributed by atoms with E-state index in [1.807, 2.05) is 0 Å². The van der Waals surface area contributed by atoms with E-state index < -0.39 is 28.7 Å². The van der Waals surface area contributed by atoms with Crippen molar-refractivity contribution in [2.75, 3.05) is 0 Å². The molecular weight excluding hydrogens is 358 g/mol. The summed E-state index contributed by atoms with van der Waals surface area (Å²) in [6.45, 7) is 1.20. The van der Waals surface area contributed by atoms with Gasteiger partial charge in [0.25, 0.3) is 17.5 Å². The molecule has 10 nitrogen and oxygen atoms in total. The van der Waals surface area contributed by atoms with Crippen molar-refractivity contribution in [2.24, 2.45) is 0 Å². The van der Waals surface area contributed by atoms with Crippen LogP contribution in [0.25, 0.3) is 6.08 Å². The molecule has 0 aliphatic heterocycles. The van der Waals surface area contributed by atoms with E-state index in [0.29, 0.717) is 5.56 Å². The maximum Gasteiger partial charge on any atom is 0.291 e. The van der Waals surface area contributed by atoms with Crippen molar-refractivity contribution in [1.82, 2.24) is 10.6 Å². The molecule has 2 amide bonds. The molecule has 0 saturated carbocycles. The highest BCUT2D eigenvalue weighted by atomic mass is 16.6. The molecule has 0 radical (unpaired) electrons. The van der Waals surface area contributed by atoms with Crippen molar-refractivity contribution in [3.8, 4) is 0 Å². The summed E-state index contributed by atoms with van der Waals surface area (Å²) in [7, 11) is 0. The van der Waals surface area contributed by atoms with Gasteiger partial charge in [0, 0.05) is 12.1 Å². The number of nitrogens with one attached hydrogen (secondary N) is 2. The molecule has 0 saturated heterocycles. The van der Waals surface area contributed by atoms with Crippen molar-refractivity contribution < 1.29 is 28.8 Å². The second-order valence-corrected chi connectivity index (χ2v) is 5.35. The number of amides is 2. The molecular formula is C17H14N3O7-. The largest absolute Gasteiger partial charge is 0.548 e. The summed E-state index contributed by atoms with van der Waals surface area (Å²) in [5.41, 5.74) is -0.0618. The van der Waals surface area contributed by atoms with Gasteiger partial charge in [-0.2, -0.15) is 0 Å². The van der Waals surface area contributed by atoms with Crippen LogP contribution in [0.1, 0.15) is 23.0 Å². The number of rotatable bonds is 7. The fraction of sp³-hybridized carbons (Fsp3) is 0.118. The summed E-state index contributed by atoms with van der Waals surface area (Å²) in [6, 6.07) is 6.73. The first-order chi connectivity index (χ1) is 12.8. The lowest BCUT2D eigenvalue weighted by Crippen LogP contribution is -2.48. The van der Waals surface area contributed by atoms with Gasteiger partial charge in [0.2, 0.25) is 0 Å². The Bertz CT molecular complexity index is 886. The van der Waals surface area contributed by atoms with Gasteiger partial charge in [0.05, 0.1) is 23.2 Å². The molecule has 2 N–H and O–H groups in total. The normalized spacial score (nSPS) is 12.1. The number of hydrogen-bond acceptors (Lipinski definition) is 7.